The first-order valence-electron chi connectivity index (χ1n) is 11.4. The molecule has 0 amide bonds. The van der Waals surface area contributed by atoms with Crippen molar-refractivity contribution in [2.45, 2.75) is 59.3 Å². The lowest BCUT2D eigenvalue weighted by atomic mass is 9.40. The van der Waals surface area contributed by atoms with E-state index in [1.165, 1.54) is 55.2 Å². The lowest BCUT2D eigenvalue weighted by Gasteiger charge is -2.63. The van der Waals surface area contributed by atoms with Crippen molar-refractivity contribution >= 4 is 11.4 Å². The fourth-order valence-electron chi connectivity index (χ4n) is 8.08. The number of allylic oxidation sites excluding steroid dienone is 6. The van der Waals surface area contributed by atoms with Crippen LogP contribution in [0.4, 0.5) is 0 Å². The Kier molecular flexibility index (Phi) is 3.32. The number of pyridine rings is 1. The van der Waals surface area contributed by atoms with Crippen LogP contribution in [0.3, 0.4) is 0 Å². The molecule has 6 rings (SSSR count). The van der Waals surface area contributed by atoms with E-state index >= 15 is 0 Å². The van der Waals surface area contributed by atoms with Gasteiger partial charge in [-0.1, -0.05) is 44.6 Å². The van der Waals surface area contributed by atoms with Crippen molar-refractivity contribution in [2.24, 2.45) is 33.5 Å². The molecular formula is C27H31NO. The summed E-state index contributed by atoms with van der Waals surface area (Å²) in [5.74, 6) is 1.55. The molecule has 0 unspecified atom stereocenters. The summed E-state index contributed by atoms with van der Waals surface area (Å²) >= 11 is 0. The van der Waals surface area contributed by atoms with Gasteiger partial charge >= 0.3 is 0 Å². The third kappa shape index (κ3) is 2.08. The van der Waals surface area contributed by atoms with E-state index in [4.69, 9.17) is 0 Å². The Hall–Kier alpha value is -1.96. The Balaban J connectivity index is 1.45. The van der Waals surface area contributed by atoms with Gasteiger partial charge in [-0.3, -0.25) is 9.78 Å². The number of ketones is 1. The molecular weight excluding hydrogens is 354 g/mol. The zero-order valence-electron chi connectivity index (χ0n) is 17.9. The molecule has 1 spiro atoms. The summed E-state index contributed by atoms with van der Waals surface area (Å²) < 4.78 is 0. The smallest absolute Gasteiger partial charge is 0.178 e. The highest BCUT2D eigenvalue weighted by Gasteiger charge is 2.68. The maximum absolute atomic E-state index is 12.3. The average Bonchev–Trinajstić information content (AvgIpc) is 3.42. The van der Waals surface area contributed by atoms with Crippen molar-refractivity contribution in [3.63, 3.8) is 0 Å². The number of rotatable bonds is 1. The van der Waals surface area contributed by atoms with Crippen molar-refractivity contribution in [2.75, 3.05) is 0 Å². The van der Waals surface area contributed by atoms with Gasteiger partial charge in [0.15, 0.2) is 5.78 Å². The van der Waals surface area contributed by atoms with E-state index in [9.17, 15) is 4.79 Å². The number of fused-ring (bicyclic) bond motifs is 6. The van der Waals surface area contributed by atoms with Crippen LogP contribution in [0.5, 0.6) is 0 Å². The van der Waals surface area contributed by atoms with Gasteiger partial charge in [0.05, 0.1) is 0 Å². The fourth-order valence-corrected chi connectivity index (χ4v) is 8.08. The summed E-state index contributed by atoms with van der Waals surface area (Å²) in [5.41, 5.74) is 5.16. The van der Waals surface area contributed by atoms with Crippen LogP contribution < -0.4 is 0 Å². The topological polar surface area (TPSA) is 30.0 Å². The van der Waals surface area contributed by atoms with Crippen LogP contribution in [0.15, 0.2) is 54.4 Å². The molecule has 0 saturated heterocycles. The Morgan fingerprint density at radius 3 is 2.66 bits per heavy atom. The monoisotopic (exact) mass is 385 g/mol. The predicted molar refractivity (Wildman–Crippen MR) is 116 cm³/mol. The van der Waals surface area contributed by atoms with Crippen molar-refractivity contribution < 1.29 is 4.79 Å². The van der Waals surface area contributed by atoms with E-state index in [1.807, 2.05) is 18.3 Å². The minimum Gasteiger partial charge on any atom is -0.290 e. The lowest BCUT2D eigenvalue weighted by Crippen LogP contribution is -2.56. The number of carbonyl (C=O) groups excluding carboxylic acids is 1. The molecule has 150 valence electrons. The Morgan fingerprint density at radius 1 is 1.10 bits per heavy atom. The molecule has 0 radical (unpaired) electrons. The van der Waals surface area contributed by atoms with Crippen LogP contribution >= 0.6 is 0 Å². The molecule has 1 aromatic heterocycles. The maximum atomic E-state index is 12.3. The lowest BCUT2D eigenvalue weighted by molar-refractivity contribution is -0.111. The highest BCUT2D eigenvalue weighted by molar-refractivity contribution is 6.01. The van der Waals surface area contributed by atoms with Crippen molar-refractivity contribution in [1.82, 2.24) is 4.98 Å². The standard InChI is InChI=1S/C27H31NO/c1-24-9-6-19(29)15-23(24)27(12-13-27)16-22-21(24)8-11-25(2)20(7-10-26(22,25)3)18-5-4-14-28-17-18/h4-7,9,14-15,17,21-22H,8,10-13,16H2,1-3H3/t21-,22+,24+,25+,26-/m0/s1. The number of nitrogens with zero attached hydrogens (tertiary/aromatic N) is 1. The zero-order valence-corrected chi connectivity index (χ0v) is 17.9. The summed E-state index contributed by atoms with van der Waals surface area (Å²) in [4.78, 5) is 16.7. The first-order chi connectivity index (χ1) is 13.8. The first kappa shape index (κ1) is 17.9. The molecule has 2 nitrogen and oxygen atoms in total. The molecule has 3 fully saturated rings. The highest BCUT2D eigenvalue weighted by atomic mass is 16.1. The number of hydrogen-bond acceptors (Lipinski definition) is 2. The maximum Gasteiger partial charge on any atom is 0.178 e. The van der Waals surface area contributed by atoms with Gasteiger partial charge in [0, 0.05) is 17.8 Å². The van der Waals surface area contributed by atoms with Gasteiger partial charge in [-0.15, -0.1) is 0 Å². The number of carbonyl (C=O) groups is 1. The second kappa shape index (κ2) is 5.39. The van der Waals surface area contributed by atoms with Crippen molar-refractivity contribution in [1.29, 1.82) is 0 Å². The molecule has 5 atom stereocenters. The molecule has 29 heavy (non-hydrogen) atoms. The number of hydrogen-bond donors (Lipinski definition) is 0. The quantitative estimate of drug-likeness (QED) is 0.579. The molecule has 5 aliphatic rings. The molecule has 0 aliphatic heterocycles. The van der Waals surface area contributed by atoms with E-state index < -0.39 is 0 Å². The van der Waals surface area contributed by atoms with Crippen molar-refractivity contribution in [3.05, 3.63) is 60.0 Å². The van der Waals surface area contributed by atoms with E-state index in [1.54, 1.807) is 0 Å². The number of aromatic nitrogens is 1. The molecule has 0 aromatic carbocycles. The molecule has 1 aromatic rings. The third-order valence-corrected chi connectivity index (χ3v) is 10.1. The van der Waals surface area contributed by atoms with Gasteiger partial charge in [0.25, 0.3) is 0 Å². The second-order valence-electron chi connectivity index (χ2n) is 11.1. The first-order valence-corrected chi connectivity index (χ1v) is 11.4. The van der Waals surface area contributed by atoms with Crippen LogP contribution in [-0.2, 0) is 4.79 Å². The van der Waals surface area contributed by atoms with Gasteiger partial charge in [-0.25, -0.2) is 0 Å². The summed E-state index contributed by atoms with van der Waals surface area (Å²) in [6.45, 7) is 7.55. The normalized spacial score (nSPS) is 43.9. The Bertz CT molecular complexity index is 997. The third-order valence-electron chi connectivity index (χ3n) is 10.1. The van der Waals surface area contributed by atoms with Crippen LogP contribution in [0.1, 0.15) is 64.9 Å². The Morgan fingerprint density at radius 2 is 1.93 bits per heavy atom. The fraction of sp³-hybridized carbons (Fsp3) is 0.556. The minimum atomic E-state index is 0.0642. The minimum absolute atomic E-state index is 0.0642. The average molecular weight is 386 g/mol. The van der Waals surface area contributed by atoms with Crippen LogP contribution in [0.2, 0.25) is 0 Å². The van der Waals surface area contributed by atoms with Crippen LogP contribution in [-0.4, -0.2) is 10.8 Å². The summed E-state index contributed by atoms with van der Waals surface area (Å²) in [6.07, 6.45) is 20.1. The van der Waals surface area contributed by atoms with Gasteiger partial charge < -0.3 is 0 Å². The van der Waals surface area contributed by atoms with E-state index in [2.05, 4.69) is 56.2 Å². The van der Waals surface area contributed by atoms with Gasteiger partial charge in [0.2, 0.25) is 0 Å². The van der Waals surface area contributed by atoms with Gasteiger partial charge in [0.1, 0.15) is 0 Å². The summed E-state index contributed by atoms with van der Waals surface area (Å²) in [7, 11) is 0. The van der Waals surface area contributed by atoms with Gasteiger partial charge in [-0.2, -0.15) is 0 Å². The summed E-state index contributed by atoms with van der Waals surface area (Å²) in [5, 5.41) is 0. The molecule has 0 N–H and O–H groups in total. The van der Waals surface area contributed by atoms with E-state index in [0.29, 0.717) is 17.3 Å². The SMILES string of the molecule is C[C@]12C=CC(=O)C=C1C1(CC1)C[C@@H]1[C@@H]2CC[C@]2(C)C(c3cccnc3)=CC[C@@]12C. The van der Waals surface area contributed by atoms with Crippen LogP contribution in [0.25, 0.3) is 5.57 Å². The molecule has 1 heterocycles. The predicted octanol–water partition coefficient (Wildman–Crippen LogP) is 6.16. The van der Waals surface area contributed by atoms with E-state index in [0.717, 1.165) is 0 Å². The second-order valence-corrected chi connectivity index (χ2v) is 11.1. The summed E-state index contributed by atoms with van der Waals surface area (Å²) in [6, 6.07) is 4.31. The zero-order chi connectivity index (χ0) is 20.1. The largest absolute Gasteiger partial charge is 0.290 e. The molecule has 3 saturated carbocycles. The van der Waals surface area contributed by atoms with Gasteiger partial charge in [-0.05, 0) is 96.0 Å². The highest BCUT2D eigenvalue weighted by Crippen LogP contribution is 2.77. The molecule has 0 bridgehead atoms. The van der Waals surface area contributed by atoms with Crippen molar-refractivity contribution in [3.8, 4) is 0 Å². The molecule has 2 heteroatoms. The van der Waals surface area contributed by atoms with E-state index in [-0.39, 0.29) is 22.0 Å². The van der Waals surface area contributed by atoms with Crippen LogP contribution in [0, 0.1) is 33.5 Å². The molecule has 5 aliphatic carbocycles. The Labute approximate surface area is 174 Å².